The molecular weight excluding hydrogens is 434 g/mol. The number of fused-ring (bicyclic) bond motifs is 1. The van der Waals surface area contributed by atoms with Crippen molar-refractivity contribution in [3.63, 3.8) is 0 Å². The Bertz CT molecular complexity index is 1190. The summed E-state index contributed by atoms with van der Waals surface area (Å²) in [6, 6.07) is 5.48. The van der Waals surface area contributed by atoms with E-state index in [4.69, 9.17) is 4.98 Å². The SMILES string of the molecule is CN(C)C(=O)c1cc2cnc(Nc3ccc(C(=O)N4CCNCC4)nn3)nc2n1C1CCCC1. The van der Waals surface area contributed by atoms with E-state index in [0.717, 1.165) is 49.8 Å². The summed E-state index contributed by atoms with van der Waals surface area (Å²) in [6.45, 7) is 2.88. The number of anilines is 2. The first-order valence-electron chi connectivity index (χ1n) is 11.7. The minimum absolute atomic E-state index is 0.0463. The third-order valence-corrected chi connectivity index (χ3v) is 6.42. The Hall–Kier alpha value is -3.60. The predicted molar refractivity (Wildman–Crippen MR) is 127 cm³/mol. The number of carbonyl (C=O) groups is 2. The lowest BCUT2D eigenvalue weighted by atomic mass is 10.2. The number of aromatic nitrogens is 5. The maximum absolute atomic E-state index is 12.9. The van der Waals surface area contributed by atoms with E-state index in [-0.39, 0.29) is 17.9 Å². The smallest absolute Gasteiger partial charge is 0.274 e. The van der Waals surface area contributed by atoms with Gasteiger partial charge in [0.15, 0.2) is 11.5 Å². The van der Waals surface area contributed by atoms with Gasteiger partial charge in [-0.05, 0) is 31.0 Å². The van der Waals surface area contributed by atoms with Crippen molar-refractivity contribution >= 4 is 34.6 Å². The fraction of sp³-hybridized carbons (Fsp3) is 0.478. The molecule has 2 fully saturated rings. The molecule has 11 heteroatoms. The van der Waals surface area contributed by atoms with Crippen molar-refractivity contribution in [3.05, 3.63) is 35.8 Å². The monoisotopic (exact) mass is 463 g/mol. The molecular formula is C23H29N9O2. The van der Waals surface area contributed by atoms with Crippen LogP contribution in [0.5, 0.6) is 0 Å². The quantitative estimate of drug-likeness (QED) is 0.588. The first-order valence-corrected chi connectivity index (χ1v) is 11.7. The van der Waals surface area contributed by atoms with E-state index >= 15 is 0 Å². The molecule has 0 atom stereocenters. The van der Waals surface area contributed by atoms with Gasteiger partial charge in [-0.25, -0.2) is 4.98 Å². The molecule has 3 aromatic rings. The van der Waals surface area contributed by atoms with Crippen molar-refractivity contribution in [1.82, 2.24) is 39.8 Å². The molecule has 0 bridgehead atoms. The normalized spacial score (nSPS) is 16.7. The van der Waals surface area contributed by atoms with Gasteiger partial charge in [-0.1, -0.05) is 12.8 Å². The van der Waals surface area contributed by atoms with Crippen LogP contribution in [0.15, 0.2) is 24.4 Å². The summed E-state index contributed by atoms with van der Waals surface area (Å²) in [5, 5.41) is 15.4. The molecule has 34 heavy (non-hydrogen) atoms. The van der Waals surface area contributed by atoms with Crippen LogP contribution >= 0.6 is 0 Å². The van der Waals surface area contributed by atoms with Crippen molar-refractivity contribution in [3.8, 4) is 0 Å². The third-order valence-electron chi connectivity index (χ3n) is 6.42. The summed E-state index contributed by atoms with van der Waals surface area (Å²) < 4.78 is 2.07. The Labute approximate surface area is 197 Å². The second-order valence-electron chi connectivity index (χ2n) is 8.98. The molecule has 5 rings (SSSR count). The Morgan fingerprint density at radius 3 is 2.56 bits per heavy atom. The van der Waals surface area contributed by atoms with E-state index in [9.17, 15) is 9.59 Å². The Morgan fingerprint density at radius 1 is 1.12 bits per heavy atom. The number of piperazine rings is 1. The van der Waals surface area contributed by atoms with E-state index in [1.165, 1.54) is 0 Å². The summed E-state index contributed by atoms with van der Waals surface area (Å²) >= 11 is 0. The van der Waals surface area contributed by atoms with E-state index in [2.05, 4.69) is 30.4 Å². The van der Waals surface area contributed by atoms with Crippen molar-refractivity contribution in [1.29, 1.82) is 0 Å². The lowest BCUT2D eigenvalue weighted by molar-refractivity contribution is 0.0728. The van der Waals surface area contributed by atoms with Gasteiger partial charge < -0.3 is 25.0 Å². The number of hydrogen-bond donors (Lipinski definition) is 2. The third kappa shape index (κ3) is 4.30. The highest BCUT2D eigenvalue weighted by Crippen LogP contribution is 2.34. The summed E-state index contributed by atoms with van der Waals surface area (Å²) in [5.41, 5.74) is 1.67. The first kappa shape index (κ1) is 22.2. The van der Waals surface area contributed by atoms with Crippen LogP contribution in [0.1, 0.15) is 52.7 Å². The average Bonchev–Trinajstić information content (AvgIpc) is 3.51. The largest absolute Gasteiger partial charge is 0.343 e. The van der Waals surface area contributed by atoms with Crippen LogP contribution in [0.4, 0.5) is 11.8 Å². The number of carbonyl (C=O) groups excluding carboxylic acids is 2. The van der Waals surface area contributed by atoms with Crippen LogP contribution in [-0.2, 0) is 0 Å². The molecule has 1 aliphatic heterocycles. The average molecular weight is 464 g/mol. The van der Waals surface area contributed by atoms with Gasteiger partial charge in [-0.3, -0.25) is 9.59 Å². The Balaban J connectivity index is 1.40. The lowest BCUT2D eigenvalue weighted by Crippen LogP contribution is -2.46. The number of rotatable bonds is 5. The summed E-state index contributed by atoms with van der Waals surface area (Å²) in [6.07, 6.45) is 6.06. The van der Waals surface area contributed by atoms with Crippen LogP contribution in [0.25, 0.3) is 11.0 Å². The highest BCUT2D eigenvalue weighted by Gasteiger charge is 2.26. The molecule has 2 aliphatic rings. The van der Waals surface area contributed by atoms with E-state index < -0.39 is 0 Å². The summed E-state index contributed by atoms with van der Waals surface area (Å²) in [7, 11) is 3.51. The molecule has 1 saturated heterocycles. The van der Waals surface area contributed by atoms with Crippen LogP contribution in [0.3, 0.4) is 0 Å². The fourth-order valence-electron chi connectivity index (χ4n) is 4.65. The molecule has 0 unspecified atom stereocenters. The van der Waals surface area contributed by atoms with Crippen LogP contribution in [0, 0.1) is 0 Å². The minimum atomic E-state index is -0.120. The van der Waals surface area contributed by atoms with Crippen molar-refractivity contribution in [2.45, 2.75) is 31.7 Å². The van der Waals surface area contributed by atoms with E-state index in [1.54, 1.807) is 42.2 Å². The van der Waals surface area contributed by atoms with Gasteiger partial charge in [-0.15, -0.1) is 10.2 Å². The highest BCUT2D eigenvalue weighted by molar-refractivity contribution is 5.98. The predicted octanol–water partition coefficient (Wildman–Crippen LogP) is 1.83. The van der Waals surface area contributed by atoms with Gasteiger partial charge in [0, 0.05) is 57.9 Å². The number of amides is 2. The molecule has 0 radical (unpaired) electrons. The molecule has 0 aromatic carbocycles. The standard InChI is InChI=1S/C23H29N9O2/c1-30(2)22(34)18-13-15-14-25-23(27-20(15)32(18)16-5-3-4-6-16)26-19-8-7-17(28-29-19)21(33)31-11-9-24-10-12-31/h7-8,13-14,16,24H,3-6,9-12H2,1-2H3,(H,25,26,27,29). The zero-order chi connectivity index (χ0) is 23.7. The molecule has 0 spiro atoms. The van der Waals surface area contributed by atoms with Gasteiger partial charge in [0.25, 0.3) is 11.8 Å². The lowest BCUT2D eigenvalue weighted by Gasteiger charge is -2.26. The topological polar surface area (TPSA) is 121 Å². The van der Waals surface area contributed by atoms with E-state index in [0.29, 0.717) is 36.2 Å². The van der Waals surface area contributed by atoms with Gasteiger partial charge in [0.2, 0.25) is 5.95 Å². The zero-order valence-electron chi connectivity index (χ0n) is 19.5. The first-order chi connectivity index (χ1) is 16.5. The van der Waals surface area contributed by atoms with Gasteiger partial charge in [0.1, 0.15) is 11.3 Å². The second-order valence-corrected chi connectivity index (χ2v) is 8.98. The van der Waals surface area contributed by atoms with Crippen LogP contribution in [-0.4, -0.2) is 86.6 Å². The Kier molecular flexibility index (Phi) is 6.10. The molecule has 1 saturated carbocycles. The minimum Gasteiger partial charge on any atom is -0.343 e. The molecule has 11 nitrogen and oxygen atoms in total. The second kappa shape index (κ2) is 9.34. The molecule has 3 aromatic heterocycles. The molecule has 4 heterocycles. The fourth-order valence-corrected chi connectivity index (χ4v) is 4.65. The number of hydrogen-bond acceptors (Lipinski definition) is 8. The summed E-state index contributed by atoms with van der Waals surface area (Å²) in [4.78, 5) is 38.0. The van der Waals surface area contributed by atoms with Gasteiger partial charge in [-0.2, -0.15) is 4.98 Å². The van der Waals surface area contributed by atoms with Crippen molar-refractivity contribution in [2.24, 2.45) is 0 Å². The maximum atomic E-state index is 12.9. The maximum Gasteiger partial charge on any atom is 0.274 e. The summed E-state index contributed by atoms with van der Waals surface area (Å²) in [5.74, 6) is 0.643. The van der Waals surface area contributed by atoms with Gasteiger partial charge >= 0.3 is 0 Å². The number of nitrogens with zero attached hydrogens (tertiary/aromatic N) is 7. The van der Waals surface area contributed by atoms with E-state index in [1.807, 2.05) is 6.07 Å². The van der Waals surface area contributed by atoms with Gasteiger partial charge in [0.05, 0.1) is 0 Å². The van der Waals surface area contributed by atoms with Crippen molar-refractivity contribution < 1.29 is 9.59 Å². The molecule has 1 aliphatic carbocycles. The van der Waals surface area contributed by atoms with Crippen LogP contribution < -0.4 is 10.6 Å². The van der Waals surface area contributed by atoms with Crippen molar-refractivity contribution in [2.75, 3.05) is 45.6 Å². The molecule has 2 N–H and O–H groups in total. The highest BCUT2D eigenvalue weighted by atomic mass is 16.2. The van der Waals surface area contributed by atoms with Crippen LogP contribution in [0.2, 0.25) is 0 Å². The molecule has 178 valence electrons. The molecule has 2 amide bonds. The number of nitrogens with one attached hydrogen (secondary N) is 2. The Morgan fingerprint density at radius 2 is 1.88 bits per heavy atom. The zero-order valence-corrected chi connectivity index (χ0v) is 19.5.